The van der Waals surface area contributed by atoms with E-state index in [2.05, 4.69) is 26.0 Å². The number of hydrogen-bond acceptors (Lipinski definition) is 4. The second-order valence-corrected chi connectivity index (χ2v) is 9.72. The second-order valence-electron chi connectivity index (χ2n) is 6.11. The van der Waals surface area contributed by atoms with Gasteiger partial charge in [0, 0.05) is 22.3 Å². The number of sulfonamides is 1. The van der Waals surface area contributed by atoms with Gasteiger partial charge in [0.25, 0.3) is 0 Å². The van der Waals surface area contributed by atoms with Crippen LogP contribution in [-0.2, 0) is 21.4 Å². The molecule has 0 spiro atoms. The molecule has 1 unspecified atom stereocenters. The van der Waals surface area contributed by atoms with E-state index in [1.54, 1.807) is 12.1 Å². The van der Waals surface area contributed by atoms with Crippen molar-refractivity contribution in [3.05, 3.63) is 87.0 Å². The summed E-state index contributed by atoms with van der Waals surface area (Å²) < 4.78 is 29.0. The molecule has 1 aromatic heterocycles. The highest BCUT2D eigenvalue weighted by Crippen LogP contribution is 2.25. The minimum atomic E-state index is -3.76. The zero-order valence-electron chi connectivity index (χ0n) is 14.8. The fraction of sp³-hybridized carbons (Fsp3) is 0.150. The van der Waals surface area contributed by atoms with Gasteiger partial charge in [0.15, 0.2) is 0 Å². The zero-order chi connectivity index (χ0) is 20.0. The van der Waals surface area contributed by atoms with E-state index < -0.39 is 16.1 Å². The number of thiophene rings is 1. The molecule has 1 amide bonds. The van der Waals surface area contributed by atoms with E-state index in [4.69, 9.17) is 0 Å². The zero-order valence-corrected chi connectivity index (χ0v) is 18.1. The fourth-order valence-corrected chi connectivity index (χ4v) is 4.95. The van der Waals surface area contributed by atoms with Crippen LogP contribution in [0.15, 0.2) is 81.5 Å². The SMILES string of the molecule is O=C(CC(NS(=O)(=O)c1ccc(Br)cc1)c1cccs1)NCc1ccccc1. The first-order valence-electron chi connectivity index (χ1n) is 8.56. The Bertz CT molecular complexity index is 1010. The van der Waals surface area contributed by atoms with E-state index in [9.17, 15) is 13.2 Å². The molecule has 0 saturated heterocycles. The van der Waals surface area contributed by atoms with Gasteiger partial charge in [0.05, 0.1) is 10.9 Å². The lowest BCUT2D eigenvalue weighted by atomic mass is 10.1. The van der Waals surface area contributed by atoms with Gasteiger partial charge in [0.1, 0.15) is 0 Å². The number of nitrogens with one attached hydrogen (secondary N) is 2. The minimum absolute atomic E-state index is 0.0170. The Labute approximate surface area is 177 Å². The molecule has 28 heavy (non-hydrogen) atoms. The normalized spacial score (nSPS) is 12.5. The molecule has 0 aliphatic carbocycles. The third-order valence-corrected chi connectivity index (χ3v) is 7.03. The molecule has 0 aliphatic rings. The number of carbonyl (C=O) groups is 1. The molecule has 0 saturated carbocycles. The van der Waals surface area contributed by atoms with Crippen molar-refractivity contribution in [1.29, 1.82) is 0 Å². The molecule has 5 nitrogen and oxygen atoms in total. The Hall–Kier alpha value is -2.00. The topological polar surface area (TPSA) is 75.3 Å². The van der Waals surface area contributed by atoms with Gasteiger partial charge in [-0.25, -0.2) is 13.1 Å². The first kappa shape index (κ1) is 20.7. The van der Waals surface area contributed by atoms with E-state index in [1.807, 2.05) is 47.8 Å². The van der Waals surface area contributed by atoms with E-state index in [-0.39, 0.29) is 17.2 Å². The molecule has 3 aromatic rings. The molecule has 1 heterocycles. The Morgan fingerprint density at radius 2 is 1.71 bits per heavy atom. The maximum Gasteiger partial charge on any atom is 0.241 e. The van der Waals surface area contributed by atoms with Crippen LogP contribution in [0.3, 0.4) is 0 Å². The molecule has 0 radical (unpaired) electrons. The molecule has 1 atom stereocenters. The summed E-state index contributed by atoms with van der Waals surface area (Å²) in [5.41, 5.74) is 0.985. The molecule has 2 N–H and O–H groups in total. The molecule has 8 heteroatoms. The van der Waals surface area contributed by atoms with Gasteiger partial charge in [-0.05, 0) is 41.3 Å². The number of halogens is 1. The molecule has 146 valence electrons. The van der Waals surface area contributed by atoms with Gasteiger partial charge in [-0.3, -0.25) is 4.79 Å². The van der Waals surface area contributed by atoms with Crippen molar-refractivity contribution in [3.63, 3.8) is 0 Å². The van der Waals surface area contributed by atoms with Crippen molar-refractivity contribution in [2.24, 2.45) is 0 Å². The van der Waals surface area contributed by atoms with Crippen LogP contribution in [-0.4, -0.2) is 14.3 Å². The summed E-state index contributed by atoms with van der Waals surface area (Å²) in [6.07, 6.45) is 0.0170. The maximum absolute atomic E-state index is 12.8. The quantitative estimate of drug-likeness (QED) is 0.508. The van der Waals surface area contributed by atoms with Crippen LogP contribution < -0.4 is 10.0 Å². The number of carbonyl (C=O) groups excluding carboxylic acids is 1. The van der Waals surface area contributed by atoms with Gasteiger partial charge >= 0.3 is 0 Å². The Morgan fingerprint density at radius 3 is 2.36 bits per heavy atom. The number of benzene rings is 2. The standard InChI is InChI=1S/C20H19BrN2O3S2/c21-16-8-10-17(11-9-16)28(25,26)23-18(19-7-4-12-27-19)13-20(24)22-14-15-5-2-1-3-6-15/h1-12,18,23H,13-14H2,(H,22,24). The Morgan fingerprint density at radius 1 is 1.00 bits per heavy atom. The van der Waals surface area contributed by atoms with Crippen molar-refractivity contribution >= 4 is 43.2 Å². The van der Waals surface area contributed by atoms with Crippen LogP contribution >= 0.6 is 27.3 Å². The monoisotopic (exact) mass is 478 g/mol. The first-order valence-corrected chi connectivity index (χ1v) is 11.7. The third kappa shape index (κ3) is 5.75. The Kier molecular flexibility index (Phi) is 7.01. The van der Waals surface area contributed by atoms with Gasteiger partial charge in [-0.2, -0.15) is 0 Å². The van der Waals surface area contributed by atoms with Crippen LogP contribution in [0.5, 0.6) is 0 Å². The fourth-order valence-electron chi connectivity index (χ4n) is 2.61. The van der Waals surface area contributed by atoms with Gasteiger partial charge < -0.3 is 5.32 Å². The van der Waals surface area contributed by atoms with Crippen LogP contribution in [0.4, 0.5) is 0 Å². The summed E-state index contributed by atoms with van der Waals surface area (Å²) in [5.74, 6) is -0.222. The van der Waals surface area contributed by atoms with E-state index in [1.165, 1.54) is 23.5 Å². The van der Waals surface area contributed by atoms with E-state index in [0.29, 0.717) is 6.54 Å². The van der Waals surface area contributed by atoms with Crippen molar-refractivity contribution in [2.45, 2.75) is 23.9 Å². The summed E-state index contributed by atoms with van der Waals surface area (Å²) in [7, 11) is -3.76. The third-order valence-electron chi connectivity index (χ3n) is 4.03. The summed E-state index contributed by atoms with van der Waals surface area (Å²) in [6.45, 7) is 0.399. The van der Waals surface area contributed by atoms with Crippen LogP contribution in [0.2, 0.25) is 0 Å². The molecule has 0 bridgehead atoms. The lowest BCUT2D eigenvalue weighted by Gasteiger charge is -2.17. The molecule has 0 fully saturated rings. The van der Waals surface area contributed by atoms with Gasteiger partial charge in [-0.15, -0.1) is 11.3 Å². The summed E-state index contributed by atoms with van der Waals surface area (Å²) in [4.78, 5) is 13.4. The van der Waals surface area contributed by atoms with Gasteiger partial charge in [-0.1, -0.05) is 52.3 Å². The van der Waals surface area contributed by atoms with Crippen molar-refractivity contribution in [3.8, 4) is 0 Å². The highest BCUT2D eigenvalue weighted by Gasteiger charge is 2.24. The molecule has 0 aliphatic heterocycles. The molecule has 3 rings (SSSR count). The summed E-state index contributed by atoms with van der Waals surface area (Å²) in [6, 6.07) is 19.0. The van der Waals surface area contributed by atoms with Crippen molar-refractivity contribution in [2.75, 3.05) is 0 Å². The molecular weight excluding hydrogens is 460 g/mol. The maximum atomic E-state index is 12.8. The second kappa shape index (κ2) is 9.47. The van der Waals surface area contributed by atoms with Crippen LogP contribution in [0.25, 0.3) is 0 Å². The molecular formula is C20H19BrN2O3S2. The Balaban J connectivity index is 1.71. The lowest BCUT2D eigenvalue weighted by Crippen LogP contribution is -2.33. The van der Waals surface area contributed by atoms with E-state index >= 15 is 0 Å². The predicted molar refractivity (Wildman–Crippen MR) is 114 cm³/mol. The highest BCUT2D eigenvalue weighted by atomic mass is 79.9. The van der Waals surface area contributed by atoms with E-state index in [0.717, 1.165) is 14.9 Å². The average Bonchev–Trinajstić information content (AvgIpc) is 3.22. The number of rotatable bonds is 8. The van der Waals surface area contributed by atoms with Crippen molar-refractivity contribution < 1.29 is 13.2 Å². The first-order chi connectivity index (χ1) is 13.4. The average molecular weight is 479 g/mol. The van der Waals surface area contributed by atoms with Crippen molar-refractivity contribution in [1.82, 2.24) is 10.0 Å². The lowest BCUT2D eigenvalue weighted by molar-refractivity contribution is -0.121. The summed E-state index contributed by atoms with van der Waals surface area (Å²) in [5, 5.41) is 4.71. The van der Waals surface area contributed by atoms with Gasteiger partial charge in [0.2, 0.25) is 15.9 Å². The number of amides is 1. The largest absolute Gasteiger partial charge is 0.352 e. The predicted octanol–water partition coefficient (Wildman–Crippen LogP) is 4.24. The van der Waals surface area contributed by atoms with Crippen LogP contribution in [0, 0.1) is 0 Å². The number of hydrogen-bond donors (Lipinski definition) is 2. The molecule has 2 aromatic carbocycles. The highest BCUT2D eigenvalue weighted by molar-refractivity contribution is 9.10. The smallest absolute Gasteiger partial charge is 0.241 e. The van der Waals surface area contributed by atoms with Crippen LogP contribution in [0.1, 0.15) is 22.9 Å². The summed E-state index contributed by atoms with van der Waals surface area (Å²) >= 11 is 4.71. The minimum Gasteiger partial charge on any atom is -0.352 e.